The quantitative estimate of drug-likeness (QED) is 0.537. The first-order chi connectivity index (χ1) is 16.4. The number of aliphatic imine (C=N–C) groups is 1. The largest absolute Gasteiger partial charge is 0.493 e. The van der Waals surface area contributed by atoms with Crippen LogP contribution in [-0.2, 0) is 15.4 Å². The van der Waals surface area contributed by atoms with E-state index in [2.05, 4.69) is 10.3 Å². The number of fused-ring (bicyclic) bond motifs is 4. The molecule has 1 amide bonds. The Morgan fingerprint density at radius 2 is 2.00 bits per heavy atom. The highest BCUT2D eigenvalue weighted by Gasteiger charge is 2.57. The number of carbonyl (C=O) groups excluding carboxylic acids is 1. The molecule has 0 saturated carbocycles. The number of nitrogens with one attached hydrogen (secondary N) is 1. The summed E-state index contributed by atoms with van der Waals surface area (Å²) in [6, 6.07) is 8.57. The molecule has 11 heteroatoms. The summed E-state index contributed by atoms with van der Waals surface area (Å²) in [5.41, 5.74) is 7.54. The zero-order valence-corrected chi connectivity index (χ0v) is 21.4. The predicted octanol–water partition coefficient (Wildman–Crippen LogP) is 3.48. The fourth-order valence-electron chi connectivity index (χ4n) is 4.88. The molecule has 0 unspecified atom stereocenters. The average Bonchev–Trinajstić information content (AvgIpc) is 3.03. The van der Waals surface area contributed by atoms with Crippen molar-refractivity contribution >= 4 is 44.5 Å². The van der Waals surface area contributed by atoms with E-state index in [0.717, 1.165) is 0 Å². The topological polar surface area (TPSA) is 128 Å². The van der Waals surface area contributed by atoms with Gasteiger partial charge in [-0.05, 0) is 58.0 Å². The second-order valence-electron chi connectivity index (χ2n) is 9.61. The summed E-state index contributed by atoms with van der Waals surface area (Å²) in [4.78, 5) is 22.3. The standard InChI is InChI=1S/C24H26ClN5O4S/c1-13-20(28-19-8-5-14(25)12-30(13)19)21(31)27-15-6-7-17-16(11-15)24(4)18(9-10-34-17)35(32,33)23(2,3)22(26)29-24/h5-8,11-12,18H,9-10H2,1-4H3,(H2,26,29)(H,27,31)/t18-,24-/m1/s1. The molecule has 0 spiro atoms. The molecule has 4 heterocycles. The van der Waals surface area contributed by atoms with Gasteiger partial charge in [0.1, 0.15) is 33.2 Å². The number of nitrogens with zero attached hydrogens (tertiary/aromatic N) is 3. The molecule has 0 aliphatic carbocycles. The third kappa shape index (κ3) is 3.41. The Morgan fingerprint density at radius 1 is 1.26 bits per heavy atom. The number of rotatable bonds is 2. The van der Waals surface area contributed by atoms with Crippen LogP contribution in [0.4, 0.5) is 5.69 Å². The first kappa shape index (κ1) is 23.6. The normalized spacial score (nSPS) is 24.5. The highest BCUT2D eigenvalue weighted by Crippen LogP contribution is 2.48. The van der Waals surface area contributed by atoms with Crippen molar-refractivity contribution in [3.05, 3.63) is 58.5 Å². The van der Waals surface area contributed by atoms with Gasteiger partial charge in [-0.3, -0.25) is 9.79 Å². The second kappa shape index (κ2) is 7.69. The number of amides is 1. The van der Waals surface area contributed by atoms with Crippen molar-refractivity contribution in [3.63, 3.8) is 0 Å². The van der Waals surface area contributed by atoms with Crippen molar-refractivity contribution in [2.75, 3.05) is 11.9 Å². The number of halogens is 1. The van der Waals surface area contributed by atoms with Crippen molar-refractivity contribution in [2.24, 2.45) is 10.7 Å². The van der Waals surface area contributed by atoms with Gasteiger partial charge in [-0.1, -0.05) is 11.6 Å². The second-order valence-corrected chi connectivity index (χ2v) is 12.7. The van der Waals surface area contributed by atoms with Crippen LogP contribution in [0.3, 0.4) is 0 Å². The van der Waals surface area contributed by atoms with Crippen molar-refractivity contribution in [2.45, 2.75) is 49.7 Å². The van der Waals surface area contributed by atoms with Crippen molar-refractivity contribution in [1.82, 2.24) is 9.38 Å². The molecular weight excluding hydrogens is 490 g/mol. The maximum absolute atomic E-state index is 13.5. The maximum atomic E-state index is 13.5. The van der Waals surface area contributed by atoms with Gasteiger partial charge < -0.3 is 20.2 Å². The fourth-order valence-corrected chi connectivity index (χ4v) is 7.28. The van der Waals surface area contributed by atoms with E-state index >= 15 is 0 Å². The highest BCUT2D eigenvalue weighted by atomic mass is 35.5. The maximum Gasteiger partial charge on any atom is 0.276 e. The van der Waals surface area contributed by atoms with Crippen LogP contribution in [0.25, 0.3) is 5.65 Å². The molecule has 1 aromatic carbocycles. The lowest BCUT2D eigenvalue weighted by Gasteiger charge is -2.43. The van der Waals surface area contributed by atoms with Gasteiger partial charge in [0.2, 0.25) is 0 Å². The molecule has 3 aromatic rings. The van der Waals surface area contributed by atoms with Gasteiger partial charge in [0.05, 0.1) is 22.6 Å². The van der Waals surface area contributed by atoms with Gasteiger partial charge in [0, 0.05) is 23.9 Å². The number of amidine groups is 1. The van der Waals surface area contributed by atoms with E-state index in [1.807, 2.05) is 0 Å². The van der Waals surface area contributed by atoms with Crippen molar-refractivity contribution < 1.29 is 17.9 Å². The first-order valence-corrected chi connectivity index (χ1v) is 13.1. The number of sulfone groups is 1. The van der Waals surface area contributed by atoms with Crippen LogP contribution in [0, 0.1) is 6.92 Å². The Labute approximate surface area is 208 Å². The van der Waals surface area contributed by atoms with Crippen LogP contribution < -0.4 is 15.8 Å². The van der Waals surface area contributed by atoms with E-state index in [1.165, 1.54) is 0 Å². The number of benzene rings is 1. The molecule has 0 radical (unpaired) electrons. The van der Waals surface area contributed by atoms with Crippen molar-refractivity contribution in [1.29, 1.82) is 0 Å². The Balaban J connectivity index is 1.56. The van der Waals surface area contributed by atoms with E-state index in [9.17, 15) is 13.2 Å². The van der Waals surface area contributed by atoms with Gasteiger partial charge in [-0.15, -0.1) is 0 Å². The van der Waals surface area contributed by atoms with Gasteiger partial charge in [0.25, 0.3) is 5.91 Å². The predicted molar refractivity (Wildman–Crippen MR) is 135 cm³/mol. The van der Waals surface area contributed by atoms with E-state index in [4.69, 9.17) is 27.1 Å². The summed E-state index contributed by atoms with van der Waals surface area (Å²) in [6.07, 6.45) is 1.97. The Morgan fingerprint density at radius 3 is 2.74 bits per heavy atom. The minimum Gasteiger partial charge on any atom is -0.493 e. The zero-order chi connectivity index (χ0) is 25.3. The summed E-state index contributed by atoms with van der Waals surface area (Å²) in [5, 5.41) is 2.58. The van der Waals surface area contributed by atoms with Gasteiger partial charge in [-0.25, -0.2) is 13.4 Å². The average molecular weight is 516 g/mol. The molecule has 184 valence electrons. The lowest BCUT2D eigenvalue weighted by molar-refractivity contribution is 0.102. The summed E-state index contributed by atoms with van der Waals surface area (Å²) < 4.78 is 33.4. The highest BCUT2D eigenvalue weighted by molar-refractivity contribution is 7.94. The molecule has 2 aliphatic rings. The number of nitrogens with two attached hydrogens (primary N) is 1. The van der Waals surface area contributed by atoms with Gasteiger partial charge in [0.15, 0.2) is 9.84 Å². The lowest BCUT2D eigenvalue weighted by atomic mass is 9.86. The lowest BCUT2D eigenvalue weighted by Crippen LogP contribution is -2.59. The first-order valence-electron chi connectivity index (χ1n) is 11.2. The minimum absolute atomic E-state index is 0.0533. The number of hydrogen-bond acceptors (Lipinski definition) is 7. The summed E-state index contributed by atoms with van der Waals surface area (Å²) in [6.45, 7) is 6.93. The Hall–Kier alpha value is -3.11. The monoisotopic (exact) mass is 515 g/mol. The van der Waals surface area contributed by atoms with Crippen LogP contribution in [0.2, 0.25) is 5.02 Å². The summed E-state index contributed by atoms with van der Waals surface area (Å²) >= 11 is 6.08. The molecule has 2 aromatic heterocycles. The number of ether oxygens (including phenoxy) is 1. The Kier molecular flexibility index (Phi) is 5.19. The summed E-state index contributed by atoms with van der Waals surface area (Å²) in [5.74, 6) is 0.162. The van der Waals surface area contributed by atoms with Crippen LogP contribution in [-0.4, -0.2) is 46.1 Å². The number of hydrogen-bond donors (Lipinski definition) is 2. The van der Waals surface area contributed by atoms with Crippen LogP contribution >= 0.6 is 11.6 Å². The molecule has 0 fully saturated rings. The number of anilines is 1. The summed E-state index contributed by atoms with van der Waals surface area (Å²) in [7, 11) is -3.69. The number of aryl methyl sites for hydroxylation is 1. The van der Waals surface area contributed by atoms with Crippen LogP contribution in [0.15, 0.2) is 41.5 Å². The van der Waals surface area contributed by atoms with E-state index < -0.39 is 31.3 Å². The Bertz CT molecular complexity index is 1530. The number of aromatic nitrogens is 2. The number of carbonyl (C=O) groups is 1. The third-order valence-electron chi connectivity index (χ3n) is 7.14. The molecule has 2 atom stereocenters. The van der Waals surface area contributed by atoms with E-state index in [-0.39, 0.29) is 24.6 Å². The molecule has 3 N–H and O–H groups in total. The van der Waals surface area contributed by atoms with Crippen molar-refractivity contribution in [3.8, 4) is 5.75 Å². The molecule has 2 aliphatic heterocycles. The molecule has 0 saturated heterocycles. The zero-order valence-electron chi connectivity index (χ0n) is 19.8. The van der Waals surface area contributed by atoms with Gasteiger partial charge >= 0.3 is 0 Å². The third-order valence-corrected chi connectivity index (χ3v) is 10.4. The van der Waals surface area contributed by atoms with Crippen LogP contribution in [0.5, 0.6) is 5.75 Å². The minimum atomic E-state index is -3.69. The SMILES string of the molecule is Cc1c(C(=O)Nc2ccc3c(c2)[C@@]2(C)N=C(N)C(C)(C)S(=O)(=O)[C@@H]2CCO3)nc2ccc(Cl)cn12. The molecule has 9 nitrogen and oxygen atoms in total. The van der Waals surface area contributed by atoms with E-state index in [1.54, 1.807) is 68.6 Å². The fraction of sp³-hybridized carbons (Fsp3) is 0.375. The molecular formula is C24H26ClN5O4S. The van der Waals surface area contributed by atoms with E-state index in [0.29, 0.717) is 33.4 Å². The number of pyridine rings is 1. The smallest absolute Gasteiger partial charge is 0.276 e. The van der Waals surface area contributed by atoms with Crippen LogP contribution in [0.1, 0.15) is 48.9 Å². The molecule has 0 bridgehead atoms. The molecule has 35 heavy (non-hydrogen) atoms. The molecule has 5 rings (SSSR count). The van der Waals surface area contributed by atoms with Gasteiger partial charge in [-0.2, -0.15) is 0 Å². The number of imidazole rings is 1.